The molecule has 2 nitrogen and oxygen atoms in total. The Labute approximate surface area is 109 Å². The van der Waals surface area contributed by atoms with Crippen molar-refractivity contribution >= 4 is 17.4 Å². The number of methoxy groups -OCH3 is 1. The van der Waals surface area contributed by atoms with Crippen molar-refractivity contribution in [2.45, 2.75) is 0 Å². The van der Waals surface area contributed by atoms with E-state index in [1.54, 1.807) is 30.3 Å². The van der Waals surface area contributed by atoms with Crippen LogP contribution in [0.3, 0.4) is 0 Å². The maximum absolute atomic E-state index is 14.0. The van der Waals surface area contributed by atoms with E-state index in [4.69, 9.17) is 16.3 Å². The lowest BCUT2D eigenvalue weighted by molar-refractivity contribution is 0.103. The number of ether oxygens (including phenoxy) is 1. The van der Waals surface area contributed by atoms with Gasteiger partial charge in [0.05, 0.1) is 12.7 Å². The van der Waals surface area contributed by atoms with Gasteiger partial charge in [-0.05, 0) is 6.07 Å². The highest BCUT2D eigenvalue weighted by molar-refractivity contribution is 6.31. The fourth-order valence-electron chi connectivity index (χ4n) is 1.62. The minimum atomic E-state index is -0.698. The van der Waals surface area contributed by atoms with Gasteiger partial charge < -0.3 is 4.74 Å². The summed E-state index contributed by atoms with van der Waals surface area (Å²) in [6.45, 7) is 0. The molecular formula is C14H10ClFO2. The summed E-state index contributed by atoms with van der Waals surface area (Å²) in [7, 11) is 1.32. The van der Waals surface area contributed by atoms with Crippen LogP contribution in [0.25, 0.3) is 0 Å². The average Bonchev–Trinajstić information content (AvgIpc) is 2.41. The molecule has 0 unspecified atom stereocenters. The van der Waals surface area contributed by atoms with Crippen LogP contribution < -0.4 is 4.74 Å². The molecule has 0 atom stereocenters. The number of benzene rings is 2. The summed E-state index contributed by atoms with van der Waals surface area (Å²) in [6, 6.07) is 11.1. The summed E-state index contributed by atoms with van der Waals surface area (Å²) in [5.41, 5.74) is 0.311. The van der Waals surface area contributed by atoms with E-state index >= 15 is 0 Å². The quantitative estimate of drug-likeness (QED) is 0.790. The Morgan fingerprint density at radius 1 is 1.22 bits per heavy atom. The van der Waals surface area contributed by atoms with E-state index in [1.807, 2.05) is 0 Å². The van der Waals surface area contributed by atoms with Crippen molar-refractivity contribution < 1.29 is 13.9 Å². The van der Waals surface area contributed by atoms with Crippen LogP contribution in [0.2, 0.25) is 5.02 Å². The molecule has 2 rings (SSSR count). The second-order valence-corrected chi connectivity index (χ2v) is 4.10. The summed E-state index contributed by atoms with van der Waals surface area (Å²) >= 11 is 5.83. The predicted octanol–water partition coefficient (Wildman–Crippen LogP) is 3.72. The van der Waals surface area contributed by atoms with E-state index in [-0.39, 0.29) is 16.3 Å². The molecule has 0 heterocycles. The topological polar surface area (TPSA) is 26.3 Å². The highest BCUT2D eigenvalue weighted by atomic mass is 35.5. The fraction of sp³-hybridized carbons (Fsp3) is 0.0714. The molecule has 0 aliphatic rings. The van der Waals surface area contributed by atoms with E-state index in [0.717, 1.165) is 0 Å². The molecule has 0 radical (unpaired) electrons. The maximum Gasteiger partial charge on any atom is 0.196 e. The number of halogens is 2. The van der Waals surface area contributed by atoms with E-state index in [0.29, 0.717) is 5.56 Å². The van der Waals surface area contributed by atoms with Crippen molar-refractivity contribution in [3.63, 3.8) is 0 Å². The van der Waals surface area contributed by atoms with Gasteiger partial charge in [0, 0.05) is 16.7 Å². The molecule has 4 heteroatoms. The van der Waals surface area contributed by atoms with E-state index < -0.39 is 11.6 Å². The van der Waals surface area contributed by atoms with E-state index in [1.165, 1.54) is 19.2 Å². The summed E-state index contributed by atoms with van der Waals surface area (Å²) in [4.78, 5) is 12.1. The molecule has 0 bridgehead atoms. The van der Waals surface area contributed by atoms with E-state index in [9.17, 15) is 9.18 Å². The third-order valence-corrected chi connectivity index (χ3v) is 2.72. The number of carbonyl (C=O) groups excluding carboxylic acids is 1. The van der Waals surface area contributed by atoms with Crippen molar-refractivity contribution in [3.05, 3.63) is 64.4 Å². The van der Waals surface area contributed by atoms with Crippen LogP contribution in [-0.2, 0) is 0 Å². The van der Waals surface area contributed by atoms with Gasteiger partial charge in [-0.15, -0.1) is 0 Å². The minimum Gasteiger partial charge on any atom is -0.494 e. The first-order valence-corrected chi connectivity index (χ1v) is 5.64. The third-order valence-electron chi connectivity index (χ3n) is 2.50. The Kier molecular flexibility index (Phi) is 3.63. The molecule has 0 aromatic heterocycles. The molecule has 2 aromatic carbocycles. The molecule has 0 aliphatic heterocycles. The van der Waals surface area contributed by atoms with Gasteiger partial charge in [0.2, 0.25) is 0 Å². The van der Waals surface area contributed by atoms with Crippen molar-refractivity contribution in [2.75, 3.05) is 7.11 Å². The molecule has 2 aromatic rings. The average molecular weight is 265 g/mol. The third kappa shape index (κ3) is 2.36. The van der Waals surface area contributed by atoms with Gasteiger partial charge >= 0.3 is 0 Å². The number of ketones is 1. The van der Waals surface area contributed by atoms with Crippen LogP contribution >= 0.6 is 11.6 Å². The lowest BCUT2D eigenvalue weighted by atomic mass is 10.0. The summed E-state index contributed by atoms with van der Waals surface area (Å²) in [5, 5.41) is 0.257. The molecule has 0 saturated heterocycles. The van der Waals surface area contributed by atoms with Crippen LogP contribution in [0.15, 0.2) is 42.5 Å². The molecular weight excluding hydrogens is 255 g/mol. The van der Waals surface area contributed by atoms with E-state index in [2.05, 4.69) is 0 Å². The Morgan fingerprint density at radius 3 is 2.50 bits per heavy atom. The normalized spacial score (nSPS) is 10.2. The number of rotatable bonds is 3. The van der Waals surface area contributed by atoms with Gasteiger partial charge in [-0.25, -0.2) is 4.39 Å². The smallest absolute Gasteiger partial charge is 0.196 e. The minimum absolute atomic E-state index is 0.0400. The Hall–Kier alpha value is -1.87. The van der Waals surface area contributed by atoms with Crippen molar-refractivity contribution in [3.8, 4) is 5.75 Å². The fourth-order valence-corrected chi connectivity index (χ4v) is 1.83. The van der Waals surface area contributed by atoms with Gasteiger partial charge in [-0.3, -0.25) is 4.79 Å². The van der Waals surface area contributed by atoms with Crippen molar-refractivity contribution in [1.82, 2.24) is 0 Å². The van der Waals surface area contributed by atoms with Gasteiger partial charge in [0.15, 0.2) is 17.3 Å². The SMILES string of the molecule is COc1cc(Cl)cc(C(=O)c2ccccc2)c1F. The molecule has 0 amide bonds. The number of hydrogen-bond donors (Lipinski definition) is 0. The van der Waals surface area contributed by atoms with Crippen LogP contribution in [0.4, 0.5) is 4.39 Å². The lowest BCUT2D eigenvalue weighted by Gasteiger charge is -2.07. The summed E-state index contributed by atoms with van der Waals surface area (Å²) in [6.07, 6.45) is 0. The van der Waals surface area contributed by atoms with Gasteiger partial charge in [0.25, 0.3) is 0 Å². The van der Waals surface area contributed by atoms with Crippen LogP contribution in [0.5, 0.6) is 5.75 Å². The Balaban J connectivity index is 2.52. The molecule has 0 fully saturated rings. The zero-order chi connectivity index (χ0) is 13.1. The Bertz CT molecular complexity index is 582. The monoisotopic (exact) mass is 264 g/mol. The standard InChI is InChI=1S/C14H10ClFO2/c1-18-12-8-10(15)7-11(13(12)16)14(17)9-5-3-2-4-6-9/h2-8H,1H3. The van der Waals surface area contributed by atoms with Crippen molar-refractivity contribution in [2.24, 2.45) is 0 Å². The predicted molar refractivity (Wildman–Crippen MR) is 67.8 cm³/mol. The second-order valence-electron chi connectivity index (χ2n) is 3.66. The lowest BCUT2D eigenvalue weighted by Crippen LogP contribution is -2.05. The number of carbonyl (C=O) groups is 1. The first kappa shape index (κ1) is 12.6. The zero-order valence-electron chi connectivity index (χ0n) is 9.61. The number of hydrogen-bond acceptors (Lipinski definition) is 2. The molecule has 0 N–H and O–H groups in total. The van der Waals surface area contributed by atoms with Crippen LogP contribution in [0.1, 0.15) is 15.9 Å². The highest BCUT2D eigenvalue weighted by Gasteiger charge is 2.18. The molecule has 0 saturated carbocycles. The van der Waals surface area contributed by atoms with Gasteiger partial charge in [-0.2, -0.15) is 0 Å². The first-order valence-electron chi connectivity index (χ1n) is 5.26. The summed E-state index contributed by atoms with van der Waals surface area (Å²) in [5.74, 6) is -1.16. The second kappa shape index (κ2) is 5.19. The molecule has 0 aliphatic carbocycles. The van der Waals surface area contributed by atoms with Crippen molar-refractivity contribution in [1.29, 1.82) is 0 Å². The zero-order valence-corrected chi connectivity index (χ0v) is 10.4. The Morgan fingerprint density at radius 2 is 1.89 bits per heavy atom. The van der Waals surface area contributed by atoms with Gasteiger partial charge in [-0.1, -0.05) is 41.9 Å². The maximum atomic E-state index is 14.0. The van der Waals surface area contributed by atoms with Gasteiger partial charge in [0.1, 0.15) is 0 Å². The summed E-state index contributed by atoms with van der Waals surface area (Å²) < 4.78 is 18.8. The molecule has 0 spiro atoms. The molecule has 92 valence electrons. The largest absolute Gasteiger partial charge is 0.494 e. The van der Waals surface area contributed by atoms with Crippen LogP contribution in [0, 0.1) is 5.82 Å². The molecule has 18 heavy (non-hydrogen) atoms. The van der Waals surface area contributed by atoms with Crippen LogP contribution in [-0.4, -0.2) is 12.9 Å². The first-order chi connectivity index (χ1) is 8.63. The highest BCUT2D eigenvalue weighted by Crippen LogP contribution is 2.27.